The van der Waals surface area contributed by atoms with Crippen LogP contribution in [0, 0.1) is 5.41 Å². The van der Waals surface area contributed by atoms with Gasteiger partial charge in [0.1, 0.15) is 5.60 Å². The van der Waals surface area contributed by atoms with Gasteiger partial charge in [0.15, 0.2) is 0 Å². The van der Waals surface area contributed by atoms with E-state index in [0.29, 0.717) is 0 Å². The third-order valence-electron chi connectivity index (χ3n) is 3.77. The van der Waals surface area contributed by atoms with Crippen molar-refractivity contribution < 1.29 is 9.53 Å². The second-order valence-corrected chi connectivity index (χ2v) is 7.08. The van der Waals surface area contributed by atoms with Gasteiger partial charge in [0.05, 0.1) is 11.5 Å². The van der Waals surface area contributed by atoms with Crippen LogP contribution in [0.5, 0.6) is 0 Å². The molecular weight excluding hydrogens is 250 g/mol. The van der Waals surface area contributed by atoms with Gasteiger partial charge in [-0.15, -0.1) is 0 Å². The van der Waals surface area contributed by atoms with Crippen LogP contribution in [0.3, 0.4) is 0 Å². The molecule has 0 spiro atoms. The fourth-order valence-corrected chi connectivity index (χ4v) is 2.58. The van der Waals surface area contributed by atoms with Crippen molar-refractivity contribution >= 4 is 5.97 Å². The van der Waals surface area contributed by atoms with Gasteiger partial charge < -0.3 is 10.1 Å². The monoisotopic (exact) mass is 275 g/mol. The van der Waals surface area contributed by atoms with Crippen molar-refractivity contribution in [3.05, 3.63) is 35.4 Å². The molecule has 0 aromatic heterocycles. The first-order chi connectivity index (χ1) is 9.22. The lowest BCUT2D eigenvalue weighted by Crippen LogP contribution is -2.47. The standard InChI is InChI=1S/C17H25NO2/c1-16(2,3)15(19)20-17(4,5)14-13-9-7-6-8-12(13)10-11-18-14/h6-9,14,18H,10-11H2,1-5H3. The summed E-state index contributed by atoms with van der Waals surface area (Å²) in [5, 5.41) is 3.50. The summed E-state index contributed by atoms with van der Waals surface area (Å²) in [5.74, 6) is -0.160. The fraction of sp³-hybridized carbons (Fsp3) is 0.588. The van der Waals surface area contributed by atoms with E-state index in [9.17, 15) is 4.79 Å². The number of rotatable bonds is 2. The van der Waals surface area contributed by atoms with Gasteiger partial charge in [-0.2, -0.15) is 0 Å². The maximum atomic E-state index is 12.2. The second kappa shape index (κ2) is 5.21. The summed E-state index contributed by atoms with van der Waals surface area (Å²) < 4.78 is 5.80. The van der Waals surface area contributed by atoms with Gasteiger partial charge in [-0.05, 0) is 58.7 Å². The van der Waals surface area contributed by atoms with Gasteiger partial charge in [0.2, 0.25) is 0 Å². The van der Waals surface area contributed by atoms with Crippen molar-refractivity contribution in [2.24, 2.45) is 5.41 Å². The lowest BCUT2D eigenvalue weighted by Gasteiger charge is -2.39. The highest BCUT2D eigenvalue weighted by Crippen LogP contribution is 2.35. The molecular formula is C17H25NO2. The molecule has 0 amide bonds. The summed E-state index contributed by atoms with van der Waals surface area (Å²) in [6.45, 7) is 10.5. The zero-order valence-corrected chi connectivity index (χ0v) is 13.1. The molecule has 1 heterocycles. The van der Waals surface area contributed by atoms with E-state index in [1.807, 2.05) is 40.7 Å². The Balaban J connectivity index is 2.25. The predicted octanol–water partition coefficient (Wildman–Crippen LogP) is 3.24. The van der Waals surface area contributed by atoms with Crippen LogP contribution in [0.15, 0.2) is 24.3 Å². The molecule has 1 N–H and O–H groups in total. The number of hydrogen-bond donors (Lipinski definition) is 1. The molecule has 20 heavy (non-hydrogen) atoms. The molecule has 110 valence electrons. The van der Waals surface area contributed by atoms with Gasteiger partial charge in [-0.3, -0.25) is 4.79 Å². The van der Waals surface area contributed by atoms with Crippen molar-refractivity contribution in [1.82, 2.24) is 5.32 Å². The average Bonchev–Trinajstić information content (AvgIpc) is 2.36. The third kappa shape index (κ3) is 3.04. The van der Waals surface area contributed by atoms with Gasteiger partial charge in [-0.1, -0.05) is 24.3 Å². The van der Waals surface area contributed by atoms with E-state index in [-0.39, 0.29) is 12.0 Å². The van der Waals surface area contributed by atoms with Crippen LogP contribution >= 0.6 is 0 Å². The molecule has 1 aliphatic rings. The van der Waals surface area contributed by atoms with E-state index in [2.05, 4.69) is 23.5 Å². The molecule has 3 nitrogen and oxygen atoms in total. The molecule has 2 rings (SSSR count). The van der Waals surface area contributed by atoms with Crippen molar-refractivity contribution in [2.45, 2.75) is 52.7 Å². The summed E-state index contributed by atoms with van der Waals surface area (Å²) >= 11 is 0. The van der Waals surface area contributed by atoms with Crippen molar-refractivity contribution in [3.8, 4) is 0 Å². The number of nitrogens with one attached hydrogen (secondary N) is 1. The minimum absolute atomic E-state index is 0.0405. The third-order valence-corrected chi connectivity index (χ3v) is 3.77. The zero-order chi connectivity index (χ0) is 15.0. The lowest BCUT2D eigenvalue weighted by molar-refractivity contribution is -0.169. The quantitative estimate of drug-likeness (QED) is 0.842. The van der Waals surface area contributed by atoms with E-state index in [1.54, 1.807) is 0 Å². The number of carbonyl (C=O) groups is 1. The normalized spacial score (nSPS) is 19.4. The lowest BCUT2D eigenvalue weighted by atomic mass is 9.84. The molecule has 1 atom stereocenters. The molecule has 1 aliphatic heterocycles. The van der Waals surface area contributed by atoms with E-state index < -0.39 is 11.0 Å². The Kier molecular flexibility index (Phi) is 3.92. The molecule has 1 aromatic carbocycles. The van der Waals surface area contributed by atoms with Crippen LogP contribution in [0.25, 0.3) is 0 Å². The Hall–Kier alpha value is -1.35. The molecule has 0 radical (unpaired) electrons. The van der Waals surface area contributed by atoms with Crippen LogP contribution < -0.4 is 5.32 Å². The minimum atomic E-state index is -0.569. The Bertz CT molecular complexity index is 500. The predicted molar refractivity (Wildman–Crippen MR) is 80.5 cm³/mol. The van der Waals surface area contributed by atoms with Crippen LogP contribution in [-0.4, -0.2) is 18.1 Å². The topological polar surface area (TPSA) is 38.3 Å². The number of hydrogen-bond acceptors (Lipinski definition) is 3. The smallest absolute Gasteiger partial charge is 0.311 e. The van der Waals surface area contributed by atoms with Crippen molar-refractivity contribution in [3.63, 3.8) is 0 Å². The number of esters is 1. The maximum absolute atomic E-state index is 12.2. The Morgan fingerprint density at radius 1 is 1.20 bits per heavy atom. The Morgan fingerprint density at radius 3 is 2.50 bits per heavy atom. The molecule has 0 bridgehead atoms. The Morgan fingerprint density at radius 2 is 1.85 bits per heavy atom. The summed E-state index contributed by atoms with van der Waals surface area (Å²) in [6, 6.07) is 8.43. The molecule has 0 saturated carbocycles. The summed E-state index contributed by atoms with van der Waals surface area (Å²) in [6.07, 6.45) is 1.02. The zero-order valence-electron chi connectivity index (χ0n) is 13.1. The SMILES string of the molecule is CC(C)(C)C(=O)OC(C)(C)C1NCCc2ccccc21. The van der Waals surface area contributed by atoms with Crippen molar-refractivity contribution in [1.29, 1.82) is 0 Å². The first-order valence-electron chi connectivity index (χ1n) is 7.26. The van der Waals surface area contributed by atoms with Gasteiger partial charge >= 0.3 is 5.97 Å². The molecule has 3 heteroatoms. The first-order valence-corrected chi connectivity index (χ1v) is 7.26. The highest BCUT2D eigenvalue weighted by atomic mass is 16.6. The first kappa shape index (κ1) is 15.0. The largest absolute Gasteiger partial charge is 0.457 e. The molecule has 0 fully saturated rings. The Labute approximate surface area is 121 Å². The van der Waals surface area contributed by atoms with E-state index in [4.69, 9.17) is 4.74 Å². The van der Waals surface area contributed by atoms with E-state index in [0.717, 1.165) is 13.0 Å². The van der Waals surface area contributed by atoms with Crippen LogP contribution in [0.2, 0.25) is 0 Å². The highest BCUT2D eigenvalue weighted by Gasteiger charge is 2.39. The van der Waals surface area contributed by atoms with Gasteiger partial charge in [0.25, 0.3) is 0 Å². The minimum Gasteiger partial charge on any atom is -0.457 e. The number of fused-ring (bicyclic) bond motifs is 1. The molecule has 1 unspecified atom stereocenters. The molecule has 0 aliphatic carbocycles. The number of benzene rings is 1. The second-order valence-electron chi connectivity index (χ2n) is 7.08. The number of ether oxygens (including phenoxy) is 1. The number of carbonyl (C=O) groups excluding carboxylic acids is 1. The molecule has 1 aromatic rings. The van der Waals surface area contributed by atoms with Crippen LogP contribution in [-0.2, 0) is 16.0 Å². The van der Waals surface area contributed by atoms with Crippen LogP contribution in [0.4, 0.5) is 0 Å². The van der Waals surface area contributed by atoms with Crippen molar-refractivity contribution in [2.75, 3.05) is 6.54 Å². The van der Waals surface area contributed by atoms with Gasteiger partial charge in [0, 0.05) is 0 Å². The fourth-order valence-electron chi connectivity index (χ4n) is 2.58. The average molecular weight is 275 g/mol. The molecule has 0 saturated heterocycles. The van der Waals surface area contributed by atoms with Crippen LogP contribution in [0.1, 0.15) is 51.8 Å². The van der Waals surface area contributed by atoms with E-state index >= 15 is 0 Å². The van der Waals surface area contributed by atoms with Gasteiger partial charge in [-0.25, -0.2) is 0 Å². The van der Waals surface area contributed by atoms with E-state index in [1.165, 1.54) is 11.1 Å². The maximum Gasteiger partial charge on any atom is 0.311 e. The highest BCUT2D eigenvalue weighted by molar-refractivity contribution is 5.75. The summed E-state index contributed by atoms with van der Waals surface area (Å²) in [4.78, 5) is 12.2. The summed E-state index contributed by atoms with van der Waals surface area (Å²) in [5.41, 5.74) is 1.54. The summed E-state index contributed by atoms with van der Waals surface area (Å²) in [7, 11) is 0.